The van der Waals surface area contributed by atoms with E-state index in [2.05, 4.69) is 27.3 Å². The minimum atomic E-state index is 0.656. The fourth-order valence-electron chi connectivity index (χ4n) is 1.34. The second kappa shape index (κ2) is 3.75. The van der Waals surface area contributed by atoms with Crippen LogP contribution in [0.15, 0.2) is 12.4 Å². The van der Waals surface area contributed by atoms with Crippen molar-refractivity contribution in [2.75, 3.05) is 0 Å². The summed E-state index contributed by atoms with van der Waals surface area (Å²) in [4.78, 5) is 0. The highest BCUT2D eigenvalue weighted by Crippen LogP contribution is 2.15. The van der Waals surface area contributed by atoms with Gasteiger partial charge in [0.25, 0.3) is 0 Å². The lowest BCUT2D eigenvalue weighted by Gasteiger charge is -2.01. The maximum atomic E-state index is 5.13. The van der Waals surface area contributed by atoms with E-state index >= 15 is 0 Å². The molecule has 0 aliphatic heterocycles. The van der Waals surface area contributed by atoms with E-state index in [1.54, 1.807) is 12.4 Å². The van der Waals surface area contributed by atoms with Crippen LogP contribution >= 0.6 is 12.2 Å². The average Bonchev–Trinajstić information content (AvgIpc) is 2.77. The lowest BCUT2D eigenvalue weighted by atomic mass is 10.3. The number of aromatic nitrogens is 5. The molecule has 0 aliphatic rings. The summed E-state index contributed by atoms with van der Waals surface area (Å²) in [7, 11) is 0. The molecule has 2 heterocycles. The topological polar surface area (TPSA) is 62.3 Å². The summed E-state index contributed by atoms with van der Waals surface area (Å²) in [6.07, 6.45) is 4.56. The van der Waals surface area contributed by atoms with Crippen molar-refractivity contribution in [3.63, 3.8) is 0 Å². The van der Waals surface area contributed by atoms with Gasteiger partial charge in [-0.25, -0.2) is 0 Å². The number of hydrogen-bond acceptors (Lipinski definition) is 3. The summed E-state index contributed by atoms with van der Waals surface area (Å²) in [5.74, 6) is 0.839. The van der Waals surface area contributed by atoms with Gasteiger partial charge in [0.2, 0.25) is 0 Å². The van der Waals surface area contributed by atoms with E-state index < -0.39 is 0 Å². The average molecular weight is 209 g/mol. The van der Waals surface area contributed by atoms with Gasteiger partial charge in [0, 0.05) is 12.7 Å². The van der Waals surface area contributed by atoms with Crippen LogP contribution in [0.2, 0.25) is 0 Å². The summed E-state index contributed by atoms with van der Waals surface area (Å²) < 4.78 is 2.63. The van der Waals surface area contributed by atoms with E-state index in [0.717, 1.165) is 24.4 Å². The van der Waals surface area contributed by atoms with E-state index in [1.165, 1.54) is 0 Å². The first kappa shape index (κ1) is 9.14. The highest BCUT2D eigenvalue weighted by molar-refractivity contribution is 7.71. The molecule has 0 saturated heterocycles. The van der Waals surface area contributed by atoms with Gasteiger partial charge in [-0.15, -0.1) is 0 Å². The SMILES string of the molecule is CCCn1c(-c2cn[nH]c2)n[nH]c1=S. The van der Waals surface area contributed by atoms with Crippen LogP contribution in [0.5, 0.6) is 0 Å². The Balaban J connectivity index is 2.48. The van der Waals surface area contributed by atoms with Crippen molar-refractivity contribution >= 4 is 12.2 Å². The Hall–Kier alpha value is -1.43. The molecule has 2 aromatic rings. The van der Waals surface area contributed by atoms with Crippen molar-refractivity contribution in [1.82, 2.24) is 25.0 Å². The van der Waals surface area contributed by atoms with E-state index in [9.17, 15) is 0 Å². The standard InChI is InChI=1S/C8H11N5S/c1-2-3-13-7(11-12-8(13)14)6-4-9-10-5-6/h4-5H,2-3H2,1H3,(H,9,10)(H,12,14). The number of nitrogens with zero attached hydrogens (tertiary/aromatic N) is 3. The number of H-pyrrole nitrogens is 2. The van der Waals surface area contributed by atoms with Crippen LogP contribution in [0, 0.1) is 4.77 Å². The van der Waals surface area contributed by atoms with Crippen molar-refractivity contribution in [3.05, 3.63) is 17.2 Å². The van der Waals surface area contributed by atoms with Crippen LogP contribution in [0.4, 0.5) is 0 Å². The van der Waals surface area contributed by atoms with Gasteiger partial charge in [-0.05, 0) is 18.6 Å². The van der Waals surface area contributed by atoms with Gasteiger partial charge < -0.3 is 4.57 Å². The molecule has 2 N–H and O–H groups in total. The minimum absolute atomic E-state index is 0.656. The first-order chi connectivity index (χ1) is 6.83. The van der Waals surface area contributed by atoms with Crippen molar-refractivity contribution in [2.24, 2.45) is 0 Å². The summed E-state index contributed by atoms with van der Waals surface area (Å²) in [5, 5.41) is 13.6. The van der Waals surface area contributed by atoms with Gasteiger partial charge in [0.05, 0.1) is 11.8 Å². The minimum Gasteiger partial charge on any atom is -0.300 e. The number of nitrogens with one attached hydrogen (secondary N) is 2. The zero-order valence-electron chi connectivity index (χ0n) is 7.82. The molecule has 0 fully saturated rings. The van der Waals surface area contributed by atoms with Gasteiger partial charge in [-0.1, -0.05) is 6.92 Å². The molecule has 0 unspecified atom stereocenters. The van der Waals surface area contributed by atoms with Crippen LogP contribution in [0.25, 0.3) is 11.4 Å². The molecular weight excluding hydrogens is 198 g/mol. The molecule has 0 spiro atoms. The van der Waals surface area contributed by atoms with Gasteiger partial charge in [0.1, 0.15) is 0 Å². The Kier molecular flexibility index (Phi) is 2.45. The van der Waals surface area contributed by atoms with Crippen LogP contribution in [-0.4, -0.2) is 25.0 Å². The van der Waals surface area contributed by atoms with E-state index in [-0.39, 0.29) is 0 Å². The zero-order chi connectivity index (χ0) is 9.97. The molecule has 0 aliphatic carbocycles. The molecule has 0 aromatic carbocycles. The fourth-order valence-corrected chi connectivity index (χ4v) is 1.57. The zero-order valence-corrected chi connectivity index (χ0v) is 8.64. The van der Waals surface area contributed by atoms with Crippen LogP contribution in [0.3, 0.4) is 0 Å². The van der Waals surface area contributed by atoms with E-state index in [1.807, 2.05) is 4.57 Å². The molecule has 5 nitrogen and oxygen atoms in total. The highest BCUT2D eigenvalue weighted by Gasteiger charge is 2.08. The monoisotopic (exact) mass is 209 g/mol. The van der Waals surface area contributed by atoms with E-state index in [4.69, 9.17) is 12.2 Å². The molecule has 0 bridgehead atoms. The first-order valence-electron chi connectivity index (χ1n) is 4.47. The molecule has 74 valence electrons. The number of rotatable bonds is 3. The predicted molar refractivity (Wildman–Crippen MR) is 55.3 cm³/mol. The van der Waals surface area contributed by atoms with Crippen molar-refractivity contribution < 1.29 is 0 Å². The van der Waals surface area contributed by atoms with Gasteiger partial charge in [-0.2, -0.15) is 10.2 Å². The third-order valence-corrected chi connectivity index (χ3v) is 2.27. The lowest BCUT2D eigenvalue weighted by Crippen LogP contribution is -1.99. The maximum Gasteiger partial charge on any atom is 0.195 e. The second-order valence-electron chi connectivity index (χ2n) is 2.99. The molecule has 0 amide bonds. The largest absolute Gasteiger partial charge is 0.300 e. The Morgan fingerprint density at radius 3 is 3.07 bits per heavy atom. The normalized spacial score (nSPS) is 10.6. The fraction of sp³-hybridized carbons (Fsp3) is 0.375. The molecule has 0 atom stereocenters. The molecular formula is C8H11N5S. The van der Waals surface area contributed by atoms with Gasteiger partial charge in [0.15, 0.2) is 10.6 Å². The second-order valence-corrected chi connectivity index (χ2v) is 3.38. The van der Waals surface area contributed by atoms with Crippen molar-refractivity contribution in [1.29, 1.82) is 0 Å². The summed E-state index contributed by atoms with van der Waals surface area (Å²) >= 11 is 5.13. The predicted octanol–water partition coefficient (Wildman–Crippen LogP) is 1.74. The van der Waals surface area contributed by atoms with Crippen molar-refractivity contribution in [3.8, 4) is 11.4 Å². The number of hydrogen-bond donors (Lipinski definition) is 2. The van der Waals surface area contributed by atoms with Crippen LogP contribution in [-0.2, 0) is 6.54 Å². The summed E-state index contributed by atoms with van der Waals surface area (Å²) in [6, 6.07) is 0. The number of aromatic amines is 2. The Bertz CT molecular complexity index is 452. The highest BCUT2D eigenvalue weighted by atomic mass is 32.1. The Labute approximate surface area is 86.2 Å². The summed E-state index contributed by atoms with van der Waals surface area (Å²) in [5.41, 5.74) is 0.950. The molecule has 2 rings (SSSR count). The molecule has 6 heteroatoms. The smallest absolute Gasteiger partial charge is 0.195 e. The third kappa shape index (κ3) is 1.48. The molecule has 2 aromatic heterocycles. The quantitative estimate of drug-likeness (QED) is 0.757. The maximum absolute atomic E-state index is 5.13. The van der Waals surface area contributed by atoms with Gasteiger partial charge >= 0.3 is 0 Å². The molecule has 0 saturated carbocycles. The van der Waals surface area contributed by atoms with Crippen LogP contribution in [0.1, 0.15) is 13.3 Å². The van der Waals surface area contributed by atoms with E-state index in [0.29, 0.717) is 4.77 Å². The summed E-state index contributed by atoms with van der Waals surface area (Å²) in [6.45, 7) is 2.98. The van der Waals surface area contributed by atoms with Gasteiger partial charge in [-0.3, -0.25) is 10.2 Å². The van der Waals surface area contributed by atoms with Crippen LogP contribution < -0.4 is 0 Å². The molecule has 14 heavy (non-hydrogen) atoms. The Morgan fingerprint density at radius 1 is 1.57 bits per heavy atom. The Morgan fingerprint density at radius 2 is 2.43 bits per heavy atom. The first-order valence-corrected chi connectivity index (χ1v) is 4.88. The molecule has 0 radical (unpaired) electrons. The third-order valence-electron chi connectivity index (χ3n) is 1.96. The lowest BCUT2D eigenvalue weighted by molar-refractivity contribution is 0.675. The van der Waals surface area contributed by atoms with Crippen molar-refractivity contribution in [2.45, 2.75) is 19.9 Å².